The first-order valence-electron chi connectivity index (χ1n) is 7.51. The van der Waals surface area contributed by atoms with Crippen LogP contribution in [0.2, 0.25) is 0 Å². The van der Waals surface area contributed by atoms with Crippen molar-refractivity contribution in [1.29, 1.82) is 0 Å². The standard InChI is InChI=1S/C16H35O2P/c1-13(9-15(3,4)5)11-19(17,18)12-14(2)10-16(6,7)8/h13-14H,9-12H2,1-8H3,(H,17,18)/t13-,14-/m0/s1. The molecule has 2 nitrogen and oxygen atoms in total. The van der Waals surface area contributed by atoms with Gasteiger partial charge in [0.05, 0.1) is 0 Å². The van der Waals surface area contributed by atoms with Crippen molar-refractivity contribution in [3.8, 4) is 0 Å². The molecule has 0 aliphatic rings. The van der Waals surface area contributed by atoms with Crippen LogP contribution in [0.1, 0.15) is 68.2 Å². The van der Waals surface area contributed by atoms with Crippen LogP contribution >= 0.6 is 7.37 Å². The molecule has 2 atom stereocenters. The molecule has 0 saturated carbocycles. The van der Waals surface area contributed by atoms with Crippen LogP contribution in [0.5, 0.6) is 0 Å². The van der Waals surface area contributed by atoms with Gasteiger partial charge in [0.15, 0.2) is 0 Å². The first-order valence-corrected chi connectivity index (χ1v) is 9.54. The van der Waals surface area contributed by atoms with Crippen molar-refractivity contribution < 1.29 is 9.46 Å². The highest BCUT2D eigenvalue weighted by Gasteiger charge is 2.28. The molecule has 19 heavy (non-hydrogen) atoms. The van der Waals surface area contributed by atoms with Crippen LogP contribution in [0, 0.1) is 22.7 Å². The average Bonchev–Trinajstić information content (AvgIpc) is 1.89. The van der Waals surface area contributed by atoms with Gasteiger partial charge >= 0.3 is 0 Å². The lowest BCUT2D eigenvalue weighted by atomic mass is 9.86. The van der Waals surface area contributed by atoms with E-state index in [1.54, 1.807) is 0 Å². The van der Waals surface area contributed by atoms with E-state index in [-0.39, 0.29) is 10.8 Å². The molecule has 0 aromatic carbocycles. The molecule has 0 bridgehead atoms. The Labute approximate surface area is 120 Å². The van der Waals surface area contributed by atoms with Gasteiger partial charge in [0, 0.05) is 12.3 Å². The van der Waals surface area contributed by atoms with Crippen LogP contribution < -0.4 is 0 Å². The van der Waals surface area contributed by atoms with Crippen LogP contribution in [-0.2, 0) is 4.57 Å². The quantitative estimate of drug-likeness (QED) is 0.665. The van der Waals surface area contributed by atoms with Crippen molar-refractivity contribution in [3.63, 3.8) is 0 Å². The summed E-state index contributed by atoms with van der Waals surface area (Å²) in [6.45, 7) is 17.3. The summed E-state index contributed by atoms with van der Waals surface area (Å²) in [6.07, 6.45) is 2.95. The highest BCUT2D eigenvalue weighted by atomic mass is 31.2. The Kier molecular flexibility index (Phi) is 6.83. The maximum atomic E-state index is 12.4. The zero-order valence-electron chi connectivity index (χ0n) is 14.3. The molecule has 3 heteroatoms. The van der Waals surface area contributed by atoms with Crippen LogP contribution in [0.15, 0.2) is 0 Å². The molecule has 0 heterocycles. The fourth-order valence-electron chi connectivity index (χ4n) is 3.27. The van der Waals surface area contributed by atoms with Gasteiger partial charge in [-0.1, -0.05) is 55.4 Å². The van der Waals surface area contributed by atoms with Gasteiger partial charge in [0.25, 0.3) is 0 Å². The van der Waals surface area contributed by atoms with E-state index >= 15 is 0 Å². The second kappa shape index (κ2) is 6.76. The molecule has 0 amide bonds. The molecule has 0 aliphatic heterocycles. The zero-order chi connectivity index (χ0) is 15.5. The molecule has 0 aromatic rings. The van der Waals surface area contributed by atoms with Crippen molar-refractivity contribution >= 4 is 7.37 Å². The van der Waals surface area contributed by atoms with E-state index in [0.717, 1.165) is 12.8 Å². The first-order chi connectivity index (χ1) is 8.20. The van der Waals surface area contributed by atoms with E-state index in [2.05, 4.69) is 55.4 Å². The minimum absolute atomic E-state index is 0.233. The highest BCUT2D eigenvalue weighted by Crippen LogP contribution is 2.47. The molecule has 0 rings (SSSR count). The van der Waals surface area contributed by atoms with Gasteiger partial charge in [-0.3, -0.25) is 4.57 Å². The number of hydrogen-bond acceptors (Lipinski definition) is 1. The fourth-order valence-corrected chi connectivity index (χ4v) is 5.62. The Bertz CT molecular complexity index is 282. The summed E-state index contributed by atoms with van der Waals surface area (Å²) >= 11 is 0. The molecule has 0 saturated heterocycles. The zero-order valence-corrected chi connectivity index (χ0v) is 15.2. The van der Waals surface area contributed by atoms with E-state index in [0.29, 0.717) is 24.2 Å². The molecule has 0 aliphatic carbocycles. The molecule has 0 aromatic heterocycles. The van der Waals surface area contributed by atoms with Gasteiger partial charge in [-0.05, 0) is 35.5 Å². The van der Waals surface area contributed by atoms with E-state index in [9.17, 15) is 9.46 Å². The van der Waals surface area contributed by atoms with E-state index in [4.69, 9.17) is 0 Å². The van der Waals surface area contributed by atoms with Gasteiger partial charge in [0.1, 0.15) is 0 Å². The van der Waals surface area contributed by atoms with Crippen LogP contribution in [0.4, 0.5) is 0 Å². The third-order valence-corrected chi connectivity index (χ3v) is 5.50. The largest absolute Gasteiger partial charge is 0.344 e. The summed E-state index contributed by atoms with van der Waals surface area (Å²) in [6, 6.07) is 0. The maximum Gasteiger partial charge on any atom is 0.201 e. The Morgan fingerprint density at radius 1 is 0.842 bits per heavy atom. The van der Waals surface area contributed by atoms with Crippen molar-refractivity contribution in [2.75, 3.05) is 12.3 Å². The topological polar surface area (TPSA) is 37.3 Å². The van der Waals surface area contributed by atoms with Crippen molar-refractivity contribution in [2.24, 2.45) is 22.7 Å². The van der Waals surface area contributed by atoms with Crippen molar-refractivity contribution in [2.45, 2.75) is 68.2 Å². The molecule has 0 radical (unpaired) electrons. The SMILES string of the molecule is C[C@@H](CC(C)(C)C)CP(=O)(O)C[C@@H](C)CC(C)(C)C. The van der Waals surface area contributed by atoms with Crippen LogP contribution in [0.3, 0.4) is 0 Å². The number of hydrogen-bond donors (Lipinski definition) is 1. The summed E-state index contributed by atoms with van der Waals surface area (Å²) in [5, 5.41) is 0. The Hall–Kier alpha value is 0.190. The fraction of sp³-hybridized carbons (Fsp3) is 1.00. The molecular formula is C16H35O2P. The third-order valence-electron chi connectivity index (χ3n) is 3.12. The summed E-state index contributed by atoms with van der Waals surface area (Å²) in [7, 11) is -2.98. The third kappa shape index (κ3) is 11.7. The Morgan fingerprint density at radius 3 is 1.32 bits per heavy atom. The second-order valence-corrected chi connectivity index (χ2v) is 11.4. The lowest BCUT2D eigenvalue weighted by molar-refractivity contribution is 0.309. The van der Waals surface area contributed by atoms with Gasteiger partial charge in [0.2, 0.25) is 7.37 Å². The lowest BCUT2D eigenvalue weighted by Crippen LogP contribution is -2.18. The molecular weight excluding hydrogens is 255 g/mol. The molecule has 1 N–H and O–H groups in total. The second-order valence-electron chi connectivity index (χ2n) is 8.95. The maximum absolute atomic E-state index is 12.4. The van der Waals surface area contributed by atoms with E-state index in [1.165, 1.54) is 0 Å². The lowest BCUT2D eigenvalue weighted by Gasteiger charge is -2.27. The predicted molar refractivity (Wildman–Crippen MR) is 86.0 cm³/mol. The summed E-state index contributed by atoms with van der Waals surface area (Å²) in [5.74, 6) is 0.635. The number of rotatable bonds is 6. The molecule has 0 unspecified atom stereocenters. The summed E-state index contributed by atoms with van der Waals surface area (Å²) in [4.78, 5) is 10.2. The van der Waals surface area contributed by atoms with Crippen molar-refractivity contribution in [3.05, 3.63) is 0 Å². The molecule has 0 spiro atoms. The van der Waals surface area contributed by atoms with Crippen LogP contribution in [-0.4, -0.2) is 17.2 Å². The molecule has 116 valence electrons. The van der Waals surface area contributed by atoms with Gasteiger partial charge in [-0.2, -0.15) is 0 Å². The van der Waals surface area contributed by atoms with Gasteiger partial charge in [-0.15, -0.1) is 0 Å². The van der Waals surface area contributed by atoms with Crippen LogP contribution in [0.25, 0.3) is 0 Å². The van der Waals surface area contributed by atoms with E-state index in [1.807, 2.05) is 0 Å². The summed E-state index contributed by atoms with van der Waals surface area (Å²) < 4.78 is 12.4. The summed E-state index contributed by atoms with van der Waals surface area (Å²) in [5.41, 5.74) is 0.465. The Morgan fingerprint density at radius 2 is 1.11 bits per heavy atom. The Balaban J connectivity index is 4.36. The van der Waals surface area contributed by atoms with Gasteiger partial charge in [-0.25, -0.2) is 0 Å². The van der Waals surface area contributed by atoms with E-state index < -0.39 is 7.37 Å². The van der Waals surface area contributed by atoms with Crippen molar-refractivity contribution in [1.82, 2.24) is 0 Å². The highest BCUT2D eigenvalue weighted by molar-refractivity contribution is 7.58. The average molecular weight is 290 g/mol. The minimum Gasteiger partial charge on any atom is -0.344 e. The monoisotopic (exact) mass is 290 g/mol. The molecule has 0 fully saturated rings. The predicted octanol–water partition coefficient (Wildman–Crippen LogP) is 5.40. The normalized spacial score (nSPS) is 17.3. The smallest absolute Gasteiger partial charge is 0.201 e. The first kappa shape index (κ1) is 19.2. The van der Waals surface area contributed by atoms with Gasteiger partial charge < -0.3 is 4.89 Å². The minimum atomic E-state index is -2.98.